The average molecular weight is 391 g/mol. The molecule has 3 atom stereocenters. The topological polar surface area (TPSA) is 119 Å². The van der Waals surface area contributed by atoms with Crippen LogP contribution in [-0.4, -0.2) is 48.8 Å². The summed E-state index contributed by atoms with van der Waals surface area (Å²) >= 11 is 2.10. The predicted octanol–water partition coefficient (Wildman–Crippen LogP) is -0.0378. The van der Waals surface area contributed by atoms with Gasteiger partial charge < -0.3 is 20.7 Å². The fraction of sp³-hybridized carbons (Fsp3) is 0.545. The number of aromatic nitrogens is 4. The molecule has 0 unspecified atom stereocenters. The quantitative estimate of drug-likeness (QED) is 0.615. The molecule has 1 aliphatic heterocycles. The van der Waals surface area contributed by atoms with Gasteiger partial charge in [0, 0.05) is 6.42 Å². The van der Waals surface area contributed by atoms with Crippen molar-refractivity contribution >= 4 is 39.6 Å². The first-order valence-electron chi connectivity index (χ1n) is 6.13. The Bertz CT molecular complexity index is 661. The zero-order valence-electron chi connectivity index (χ0n) is 10.7. The molecule has 1 fully saturated rings. The molecule has 2 aromatic rings. The number of anilines is 1. The third kappa shape index (κ3) is 2.14. The molecule has 1 saturated heterocycles. The minimum Gasteiger partial charge on any atom is -0.394 e. The third-order valence-electron chi connectivity index (χ3n) is 3.36. The van der Waals surface area contributed by atoms with Crippen molar-refractivity contribution in [3.05, 3.63) is 9.39 Å². The van der Waals surface area contributed by atoms with Gasteiger partial charge in [-0.15, -0.1) is 0 Å². The van der Waals surface area contributed by atoms with Crippen LogP contribution >= 0.6 is 22.6 Å². The van der Waals surface area contributed by atoms with E-state index < -0.39 is 18.4 Å². The van der Waals surface area contributed by atoms with Gasteiger partial charge in [0.2, 0.25) is 5.95 Å². The number of aliphatic hydroxyl groups excluding tert-OH is 2. The first-order valence-corrected chi connectivity index (χ1v) is 7.21. The maximum Gasteiger partial charge on any atom is 0.222 e. The van der Waals surface area contributed by atoms with Gasteiger partial charge in [-0.2, -0.15) is 10.1 Å². The molecular formula is C11H14IN5O3. The minimum atomic E-state index is -0.720. The van der Waals surface area contributed by atoms with E-state index in [1.807, 2.05) is 6.92 Å². The van der Waals surface area contributed by atoms with Crippen LogP contribution in [0.15, 0.2) is 0 Å². The maximum atomic E-state index is 9.82. The lowest BCUT2D eigenvalue weighted by molar-refractivity contribution is -0.0471. The van der Waals surface area contributed by atoms with Crippen LogP contribution in [0.2, 0.25) is 0 Å². The van der Waals surface area contributed by atoms with E-state index in [2.05, 4.69) is 37.7 Å². The van der Waals surface area contributed by atoms with Gasteiger partial charge in [-0.3, -0.25) is 0 Å². The van der Waals surface area contributed by atoms with Crippen molar-refractivity contribution in [1.29, 1.82) is 0 Å². The van der Waals surface area contributed by atoms with Crippen molar-refractivity contribution in [3.8, 4) is 0 Å². The van der Waals surface area contributed by atoms with Crippen molar-refractivity contribution in [3.63, 3.8) is 0 Å². The number of hydrogen-bond acceptors (Lipinski definition) is 7. The second-order valence-corrected chi connectivity index (χ2v) is 5.74. The molecule has 108 valence electrons. The fourth-order valence-corrected chi connectivity index (χ4v) is 3.27. The number of nitrogens with two attached hydrogens (primary N) is 1. The number of rotatable bonds is 2. The summed E-state index contributed by atoms with van der Waals surface area (Å²) in [6.45, 7) is 1.61. The number of nitrogen functional groups attached to an aromatic ring is 1. The molecular weight excluding hydrogens is 377 g/mol. The van der Waals surface area contributed by atoms with Gasteiger partial charge in [-0.1, -0.05) is 0 Å². The lowest BCUT2D eigenvalue weighted by Crippen LogP contribution is -2.24. The standard InChI is InChI=1S/C11H14IN5O3/c1-4-8-9(12)16-17(10(8)15-11(13)14-4)7-2-5(19)6(3-18)20-7/h5-7,18-19H,2-3H2,1H3,(H2,13,14,15)/t5-,6-,7-/m1/s1. The Hall–Kier alpha value is -1.04. The number of nitrogens with zero attached hydrogens (tertiary/aromatic N) is 4. The van der Waals surface area contributed by atoms with Crippen molar-refractivity contribution in [2.45, 2.75) is 31.8 Å². The van der Waals surface area contributed by atoms with Crippen LogP contribution in [0.1, 0.15) is 18.3 Å². The summed E-state index contributed by atoms with van der Waals surface area (Å²) in [5.41, 5.74) is 7.02. The monoisotopic (exact) mass is 391 g/mol. The van der Waals surface area contributed by atoms with Crippen LogP contribution < -0.4 is 5.73 Å². The lowest BCUT2D eigenvalue weighted by atomic mass is 10.2. The van der Waals surface area contributed by atoms with Gasteiger partial charge in [0.1, 0.15) is 9.80 Å². The second-order valence-electron chi connectivity index (χ2n) is 4.72. The summed E-state index contributed by atoms with van der Waals surface area (Å²) in [7, 11) is 0. The molecule has 4 N–H and O–H groups in total. The smallest absolute Gasteiger partial charge is 0.222 e. The van der Waals surface area contributed by atoms with Crippen LogP contribution in [0.25, 0.3) is 11.0 Å². The zero-order chi connectivity index (χ0) is 14.4. The van der Waals surface area contributed by atoms with E-state index in [4.69, 9.17) is 15.6 Å². The van der Waals surface area contributed by atoms with Crippen molar-refractivity contribution in [2.24, 2.45) is 0 Å². The Morgan fingerprint density at radius 1 is 1.50 bits per heavy atom. The van der Waals surface area contributed by atoms with Crippen molar-refractivity contribution in [1.82, 2.24) is 19.7 Å². The van der Waals surface area contributed by atoms with Crippen LogP contribution in [0, 0.1) is 10.6 Å². The Kier molecular flexibility index (Phi) is 3.52. The summed E-state index contributed by atoms with van der Waals surface area (Å²) in [5.74, 6) is 0.171. The highest BCUT2D eigenvalue weighted by Gasteiger charge is 2.36. The first kappa shape index (κ1) is 13.9. The largest absolute Gasteiger partial charge is 0.394 e. The molecule has 2 aromatic heterocycles. The first-order chi connectivity index (χ1) is 9.51. The average Bonchev–Trinajstić information content (AvgIpc) is 2.90. The van der Waals surface area contributed by atoms with Gasteiger partial charge in [0.05, 0.1) is 23.8 Å². The molecule has 8 nitrogen and oxygen atoms in total. The number of aliphatic hydroxyl groups is 2. The van der Waals surface area contributed by atoms with Crippen molar-refractivity contribution < 1.29 is 14.9 Å². The van der Waals surface area contributed by atoms with E-state index in [-0.39, 0.29) is 12.6 Å². The van der Waals surface area contributed by atoms with E-state index >= 15 is 0 Å². The summed E-state index contributed by atoms with van der Waals surface area (Å²) in [5, 5.41) is 24.2. The van der Waals surface area contributed by atoms with E-state index in [1.165, 1.54) is 0 Å². The molecule has 0 amide bonds. The second kappa shape index (κ2) is 5.06. The van der Waals surface area contributed by atoms with Gasteiger partial charge in [0.25, 0.3) is 0 Å². The molecule has 20 heavy (non-hydrogen) atoms. The Labute approximate surface area is 128 Å². The van der Waals surface area contributed by atoms with E-state index in [0.29, 0.717) is 12.1 Å². The Balaban J connectivity index is 2.09. The van der Waals surface area contributed by atoms with Gasteiger partial charge in [-0.25, -0.2) is 9.67 Å². The molecule has 0 bridgehead atoms. The van der Waals surface area contributed by atoms with E-state index in [0.717, 1.165) is 14.8 Å². The molecule has 9 heteroatoms. The van der Waals surface area contributed by atoms with Crippen LogP contribution in [0.3, 0.4) is 0 Å². The van der Waals surface area contributed by atoms with E-state index in [9.17, 15) is 5.11 Å². The molecule has 0 spiro atoms. The van der Waals surface area contributed by atoms with E-state index in [1.54, 1.807) is 4.68 Å². The van der Waals surface area contributed by atoms with Crippen LogP contribution in [0.4, 0.5) is 5.95 Å². The SMILES string of the molecule is Cc1nc(N)nc2c1c(I)nn2[C@H]1C[C@@H](O)[C@@H](CO)O1. The number of fused-ring (bicyclic) bond motifs is 1. The number of aryl methyl sites for hydroxylation is 1. The molecule has 0 radical (unpaired) electrons. The summed E-state index contributed by atoms with van der Waals surface area (Å²) in [6, 6.07) is 0. The Morgan fingerprint density at radius 3 is 2.90 bits per heavy atom. The zero-order valence-corrected chi connectivity index (χ0v) is 12.9. The third-order valence-corrected chi connectivity index (χ3v) is 4.12. The Morgan fingerprint density at radius 2 is 2.25 bits per heavy atom. The number of hydrogen-bond donors (Lipinski definition) is 3. The van der Waals surface area contributed by atoms with Crippen LogP contribution in [-0.2, 0) is 4.74 Å². The maximum absolute atomic E-state index is 9.82. The molecule has 1 aliphatic rings. The van der Waals surface area contributed by atoms with Crippen molar-refractivity contribution in [2.75, 3.05) is 12.3 Å². The molecule has 0 saturated carbocycles. The molecule has 0 aliphatic carbocycles. The highest BCUT2D eigenvalue weighted by molar-refractivity contribution is 14.1. The summed E-state index contributed by atoms with van der Waals surface area (Å²) in [6.07, 6.45) is -1.44. The number of halogens is 1. The summed E-state index contributed by atoms with van der Waals surface area (Å²) in [4.78, 5) is 8.34. The normalized spacial score (nSPS) is 26.5. The molecule has 0 aromatic carbocycles. The van der Waals surface area contributed by atoms with Gasteiger partial charge >= 0.3 is 0 Å². The van der Waals surface area contributed by atoms with Gasteiger partial charge in [0.15, 0.2) is 11.9 Å². The molecule has 3 rings (SSSR count). The highest BCUT2D eigenvalue weighted by Crippen LogP contribution is 2.32. The highest BCUT2D eigenvalue weighted by atomic mass is 127. The van der Waals surface area contributed by atoms with Crippen LogP contribution in [0.5, 0.6) is 0 Å². The number of ether oxygens (including phenoxy) is 1. The van der Waals surface area contributed by atoms with Gasteiger partial charge in [-0.05, 0) is 29.5 Å². The molecule has 3 heterocycles. The lowest BCUT2D eigenvalue weighted by Gasteiger charge is -2.12. The fourth-order valence-electron chi connectivity index (χ4n) is 2.41. The minimum absolute atomic E-state index is 0.171. The summed E-state index contributed by atoms with van der Waals surface area (Å²) < 4.78 is 7.95. The predicted molar refractivity (Wildman–Crippen MR) is 78.8 cm³/mol.